The van der Waals surface area contributed by atoms with E-state index < -0.39 is 6.10 Å². The largest absolute Gasteiger partial charge is 0.491 e. The Morgan fingerprint density at radius 2 is 1.94 bits per heavy atom. The molecule has 0 aliphatic carbocycles. The maximum absolute atomic E-state index is 12.7. The highest BCUT2D eigenvalue weighted by molar-refractivity contribution is 5.22. The first-order chi connectivity index (χ1) is 8.43. The van der Waals surface area contributed by atoms with Crippen molar-refractivity contribution < 1.29 is 14.2 Å². The van der Waals surface area contributed by atoms with E-state index in [9.17, 15) is 9.50 Å². The van der Waals surface area contributed by atoms with E-state index in [4.69, 9.17) is 4.74 Å². The molecule has 3 nitrogen and oxygen atoms in total. The van der Waals surface area contributed by atoms with Crippen molar-refractivity contribution in [1.29, 1.82) is 0 Å². The lowest BCUT2D eigenvalue weighted by Gasteiger charge is -2.26. The Labute approximate surface area is 108 Å². The normalized spacial score (nSPS) is 13.4. The van der Waals surface area contributed by atoms with Gasteiger partial charge in [-0.15, -0.1) is 0 Å². The Morgan fingerprint density at radius 1 is 1.33 bits per heavy atom. The number of nitrogens with one attached hydrogen (secondary N) is 1. The Balaban J connectivity index is 2.29. The van der Waals surface area contributed by atoms with Gasteiger partial charge in [-0.25, -0.2) is 4.39 Å². The van der Waals surface area contributed by atoms with E-state index in [-0.39, 0.29) is 18.0 Å². The molecule has 0 radical (unpaired) electrons. The van der Waals surface area contributed by atoms with Crippen LogP contribution in [0.4, 0.5) is 4.39 Å². The lowest BCUT2D eigenvalue weighted by atomic mass is 10.0. The van der Waals surface area contributed by atoms with Crippen LogP contribution in [0, 0.1) is 5.82 Å². The van der Waals surface area contributed by atoms with Crippen molar-refractivity contribution in [3.63, 3.8) is 0 Å². The average molecular weight is 255 g/mol. The summed E-state index contributed by atoms with van der Waals surface area (Å²) in [6.45, 7) is 6.93. The second-order valence-corrected chi connectivity index (χ2v) is 5.04. The third-order valence-corrected chi connectivity index (χ3v) is 2.96. The number of hydrogen-bond acceptors (Lipinski definition) is 3. The minimum atomic E-state index is -0.583. The van der Waals surface area contributed by atoms with Crippen LogP contribution in [0.25, 0.3) is 0 Å². The molecule has 1 rings (SSSR count). The predicted molar refractivity (Wildman–Crippen MR) is 70.3 cm³/mol. The van der Waals surface area contributed by atoms with Crippen LogP contribution in [0.2, 0.25) is 0 Å². The average Bonchev–Trinajstić information content (AvgIpc) is 2.36. The molecule has 102 valence electrons. The van der Waals surface area contributed by atoms with E-state index in [1.807, 2.05) is 0 Å². The molecule has 0 saturated heterocycles. The summed E-state index contributed by atoms with van der Waals surface area (Å²) in [6, 6.07) is 5.76. The molecule has 0 bridgehead atoms. The molecule has 0 fully saturated rings. The zero-order valence-corrected chi connectivity index (χ0v) is 11.2. The third kappa shape index (κ3) is 5.47. The van der Waals surface area contributed by atoms with Crippen molar-refractivity contribution in [2.45, 2.75) is 38.8 Å². The number of ether oxygens (including phenoxy) is 1. The van der Waals surface area contributed by atoms with Crippen molar-refractivity contribution in [2.24, 2.45) is 0 Å². The van der Waals surface area contributed by atoms with Crippen molar-refractivity contribution in [2.75, 3.05) is 13.2 Å². The smallest absolute Gasteiger partial charge is 0.123 e. The van der Waals surface area contributed by atoms with Crippen LogP contribution < -0.4 is 10.1 Å². The standard InChI is InChI=1S/C14H22FNO2/c1-4-14(2,3)16-9-12(17)10-18-13-7-5-11(15)6-8-13/h5-8,12,16-17H,4,9-10H2,1-3H3. The van der Waals surface area contributed by atoms with E-state index in [0.717, 1.165) is 6.42 Å². The van der Waals surface area contributed by atoms with Gasteiger partial charge < -0.3 is 15.2 Å². The fourth-order valence-corrected chi connectivity index (χ4v) is 1.30. The number of aliphatic hydroxyl groups excluding tert-OH is 1. The molecular formula is C14H22FNO2. The Hall–Kier alpha value is -1.13. The van der Waals surface area contributed by atoms with E-state index in [2.05, 4.69) is 26.1 Å². The maximum Gasteiger partial charge on any atom is 0.123 e. The second-order valence-electron chi connectivity index (χ2n) is 5.04. The summed E-state index contributed by atoms with van der Waals surface area (Å²) in [5, 5.41) is 13.0. The summed E-state index contributed by atoms with van der Waals surface area (Å²) in [6.07, 6.45) is 0.402. The van der Waals surface area contributed by atoms with Gasteiger partial charge in [-0.05, 0) is 44.5 Å². The summed E-state index contributed by atoms with van der Waals surface area (Å²) in [4.78, 5) is 0. The van der Waals surface area contributed by atoms with Gasteiger partial charge in [0.25, 0.3) is 0 Å². The summed E-state index contributed by atoms with van der Waals surface area (Å²) in [5.74, 6) is 0.263. The fourth-order valence-electron chi connectivity index (χ4n) is 1.30. The Kier molecular flexibility index (Phi) is 5.56. The molecule has 1 atom stereocenters. The second kappa shape index (κ2) is 6.71. The molecule has 0 saturated carbocycles. The Morgan fingerprint density at radius 3 is 2.50 bits per heavy atom. The summed E-state index contributed by atoms with van der Waals surface area (Å²) >= 11 is 0. The lowest BCUT2D eigenvalue weighted by molar-refractivity contribution is 0.0985. The molecular weight excluding hydrogens is 233 g/mol. The molecule has 0 spiro atoms. The topological polar surface area (TPSA) is 41.5 Å². The quantitative estimate of drug-likeness (QED) is 0.786. The van der Waals surface area contributed by atoms with E-state index >= 15 is 0 Å². The maximum atomic E-state index is 12.7. The van der Waals surface area contributed by atoms with Crippen LogP contribution in [0.1, 0.15) is 27.2 Å². The highest BCUT2D eigenvalue weighted by atomic mass is 19.1. The number of hydrogen-bond donors (Lipinski definition) is 2. The molecule has 1 unspecified atom stereocenters. The third-order valence-electron chi connectivity index (χ3n) is 2.96. The zero-order chi connectivity index (χ0) is 13.6. The van der Waals surface area contributed by atoms with Crippen LogP contribution >= 0.6 is 0 Å². The molecule has 0 aliphatic rings. The van der Waals surface area contributed by atoms with Crippen LogP contribution in [0.15, 0.2) is 24.3 Å². The number of halogens is 1. The first kappa shape index (κ1) is 14.9. The van der Waals surface area contributed by atoms with Gasteiger partial charge in [0.2, 0.25) is 0 Å². The minimum absolute atomic E-state index is 0.0108. The molecule has 0 heterocycles. The molecule has 1 aromatic carbocycles. The first-order valence-electron chi connectivity index (χ1n) is 6.24. The van der Waals surface area contributed by atoms with Crippen molar-refractivity contribution in [3.8, 4) is 5.75 Å². The monoisotopic (exact) mass is 255 g/mol. The van der Waals surface area contributed by atoms with Gasteiger partial charge in [0.05, 0.1) is 0 Å². The molecule has 4 heteroatoms. The van der Waals surface area contributed by atoms with Gasteiger partial charge in [0.1, 0.15) is 24.3 Å². The van der Waals surface area contributed by atoms with Gasteiger partial charge >= 0.3 is 0 Å². The molecule has 0 amide bonds. The minimum Gasteiger partial charge on any atom is -0.491 e. The van der Waals surface area contributed by atoms with E-state index in [1.165, 1.54) is 12.1 Å². The number of aliphatic hydroxyl groups is 1. The number of β-amino-alcohol motifs (C(OH)–C–C–N with tert-alkyl or cyclic N) is 1. The van der Waals surface area contributed by atoms with Crippen LogP contribution in [-0.4, -0.2) is 29.9 Å². The Bertz CT molecular complexity index is 351. The van der Waals surface area contributed by atoms with Gasteiger partial charge in [0.15, 0.2) is 0 Å². The first-order valence-corrected chi connectivity index (χ1v) is 6.24. The fraction of sp³-hybridized carbons (Fsp3) is 0.571. The van der Waals surface area contributed by atoms with Crippen LogP contribution in [0.5, 0.6) is 5.75 Å². The molecule has 1 aromatic rings. The SMILES string of the molecule is CCC(C)(C)NCC(O)COc1ccc(F)cc1. The molecule has 0 aliphatic heterocycles. The van der Waals surface area contributed by atoms with Gasteiger partial charge in [-0.2, -0.15) is 0 Å². The summed E-state index contributed by atoms with van der Waals surface area (Å²) in [7, 11) is 0. The predicted octanol–water partition coefficient (Wildman–Crippen LogP) is 2.34. The van der Waals surface area contributed by atoms with Crippen molar-refractivity contribution in [3.05, 3.63) is 30.1 Å². The summed E-state index contributed by atoms with van der Waals surface area (Å²) in [5.41, 5.74) is 0.0108. The van der Waals surface area contributed by atoms with Gasteiger partial charge in [-0.3, -0.25) is 0 Å². The molecule has 2 N–H and O–H groups in total. The van der Waals surface area contributed by atoms with E-state index in [1.54, 1.807) is 12.1 Å². The summed E-state index contributed by atoms with van der Waals surface area (Å²) < 4.78 is 18.0. The number of benzene rings is 1. The zero-order valence-electron chi connectivity index (χ0n) is 11.2. The highest BCUT2D eigenvalue weighted by Gasteiger charge is 2.16. The number of rotatable bonds is 7. The molecule has 18 heavy (non-hydrogen) atoms. The van der Waals surface area contributed by atoms with Crippen molar-refractivity contribution in [1.82, 2.24) is 5.32 Å². The lowest BCUT2D eigenvalue weighted by Crippen LogP contribution is -2.44. The van der Waals surface area contributed by atoms with Gasteiger partial charge in [-0.1, -0.05) is 6.92 Å². The van der Waals surface area contributed by atoms with Crippen molar-refractivity contribution >= 4 is 0 Å². The van der Waals surface area contributed by atoms with Crippen LogP contribution in [-0.2, 0) is 0 Å². The highest BCUT2D eigenvalue weighted by Crippen LogP contribution is 2.11. The van der Waals surface area contributed by atoms with E-state index in [0.29, 0.717) is 12.3 Å². The van der Waals surface area contributed by atoms with Gasteiger partial charge in [0, 0.05) is 12.1 Å². The van der Waals surface area contributed by atoms with Crippen LogP contribution in [0.3, 0.4) is 0 Å². The molecule has 0 aromatic heterocycles.